The van der Waals surface area contributed by atoms with Gasteiger partial charge in [-0.15, -0.1) is 0 Å². The molecule has 0 unspecified atom stereocenters. The maximum absolute atomic E-state index is 11.8. The molecule has 0 aromatic carbocycles. The third-order valence-electron chi connectivity index (χ3n) is 3.01. The van der Waals surface area contributed by atoms with Gasteiger partial charge in [-0.1, -0.05) is 13.8 Å². The Labute approximate surface area is 128 Å². The summed E-state index contributed by atoms with van der Waals surface area (Å²) in [4.78, 5) is 34.7. The Morgan fingerprint density at radius 1 is 1.11 bits per heavy atom. The Morgan fingerprint density at radius 2 is 1.61 bits per heavy atom. The van der Waals surface area contributed by atoms with Gasteiger partial charge in [-0.25, -0.2) is 4.79 Å². The number of urea groups is 1. The molecule has 6 nitrogen and oxygen atoms in total. The third kappa shape index (κ3) is 3.78. The van der Waals surface area contributed by atoms with E-state index in [9.17, 15) is 14.4 Å². The SMILES string of the molecule is CC(C)CCC1(CCO)C(=O)NC(=O)NC1=O.[Na+]. The number of carbonyl (C=O) groups excluding carboxylic acids is 3. The van der Waals surface area contributed by atoms with Crippen LogP contribution in [0.2, 0.25) is 0 Å². The van der Waals surface area contributed by atoms with Crippen LogP contribution in [0.3, 0.4) is 0 Å². The number of aliphatic hydroxyl groups excluding tert-OH is 1. The van der Waals surface area contributed by atoms with E-state index in [4.69, 9.17) is 5.11 Å². The van der Waals surface area contributed by atoms with Crippen LogP contribution in [-0.2, 0) is 9.59 Å². The molecule has 18 heavy (non-hydrogen) atoms. The number of amides is 4. The molecular formula is C11H18N2NaO4+. The molecule has 3 N–H and O–H groups in total. The van der Waals surface area contributed by atoms with Crippen LogP contribution in [0.5, 0.6) is 0 Å². The summed E-state index contributed by atoms with van der Waals surface area (Å²) in [5, 5.41) is 13.2. The smallest absolute Gasteiger partial charge is 0.396 e. The normalized spacial score (nSPS) is 18.1. The molecule has 0 aromatic rings. The number of aliphatic hydroxyl groups is 1. The molecule has 0 atom stereocenters. The minimum absolute atomic E-state index is 0. The largest absolute Gasteiger partial charge is 1.00 e. The van der Waals surface area contributed by atoms with Gasteiger partial charge in [0.1, 0.15) is 5.41 Å². The fourth-order valence-electron chi connectivity index (χ4n) is 1.88. The third-order valence-corrected chi connectivity index (χ3v) is 3.01. The van der Waals surface area contributed by atoms with Gasteiger partial charge in [-0.3, -0.25) is 20.2 Å². The summed E-state index contributed by atoms with van der Waals surface area (Å²) in [5.74, 6) is -0.884. The van der Waals surface area contributed by atoms with E-state index < -0.39 is 23.3 Å². The van der Waals surface area contributed by atoms with Gasteiger partial charge in [0.15, 0.2) is 0 Å². The number of hydrogen-bond acceptors (Lipinski definition) is 4. The van der Waals surface area contributed by atoms with E-state index in [-0.39, 0.29) is 42.6 Å². The second kappa shape index (κ2) is 7.23. The molecule has 0 bridgehead atoms. The molecule has 1 aliphatic rings. The van der Waals surface area contributed by atoms with Crippen molar-refractivity contribution in [3.8, 4) is 0 Å². The van der Waals surface area contributed by atoms with E-state index in [1.165, 1.54) is 0 Å². The van der Waals surface area contributed by atoms with Crippen molar-refractivity contribution in [3.63, 3.8) is 0 Å². The number of nitrogens with one attached hydrogen (secondary N) is 2. The zero-order valence-corrected chi connectivity index (χ0v) is 13.1. The predicted molar refractivity (Wildman–Crippen MR) is 59.9 cm³/mol. The van der Waals surface area contributed by atoms with Crippen molar-refractivity contribution < 1.29 is 49.0 Å². The average molecular weight is 265 g/mol. The summed E-state index contributed by atoms with van der Waals surface area (Å²) in [5.41, 5.74) is -1.31. The molecule has 0 spiro atoms. The minimum atomic E-state index is -1.31. The van der Waals surface area contributed by atoms with E-state index in [2.05, 4.69) is 10.6 Å². The first-order chi connectivity index (χ1) is 7.92. The molecular weight excluding hydrogens is 247 g/mol. The monoisotopic (exact) mass is 265 g/mol. The molecule has 1 rings (SSSR count). The number of rotatable bonds is 5. The van der Waals surface area contributed by atoms with Crippen LogP contribution in [0.25, 0.3) is 0 Å². The molecule has 1 heterocycles. The van der Waals surface area contributed by atoms with Crippen molar-refractivity contribution >= 4 is 17.8 Å². The first-order valence-corrected chi connectivity index (χ1v) is 5.70. The van der Waals surface area contributed by atoms with E-state index in [0.29, 0.717) is 18.8 Å². The van der Waals surface area contributed by atoms with Gasteiger partial charge < -0.3 is 5.11 Å². The van der Waals surface area contributed by atoms with Gasteiger partial charge in [-0.2, -0.15) is 0 Å². The fraction of sp³-hybridized carbons (Fsp3) is 0.727. The summed E-state index contributed by atoms with van der Waals surface area (Å²) in [6, 6.07) is -0.793. The second-order valence-electron chi connectivity index (χ2n) is 4.73. The second-order valence-corrected chi connectivity index (χ2v) is 4.73. The minimum Gasteiger partial charge on any atom is -0.396 e. The summed E-state index contributed by atoms with van der Waals surface area (Å²) >= 11 is 0. The standard InChI is InChI=1S/C11H18N2O4.Na/c1-7(2)3-4-11(5-6-14)8(15)12-10(17)13-9(11)16;/h7,14H,3-6H2,1-2H3,(H2,12,13,15,16,17);/q;+1. The Kier molecular flexibility index (Phi) is 7.06. The van der Waals surface area contributed by atoms with Gasteiger partial charge in [0.2, 0.25) is 11.8 Å². The van der Waals surface area contributed by atoms with Crippen LogP contribution in [0.15, 0.2) is 0 Å². The molecule has 96 valence electrons. The van der Waals surface area contributed by atoms with Crippen molar-refractivity contribution in [3.05, 3.63) is 0 Å². The van der Waals surface area contributed by atoms with E-state index >= 15 is 0 Å². The van der Waals surface area contributed by atoms with Crippen molar-refractivity contribution in [2.45, 2.75) is 33.1 Å². The maximum atomic E-state index is 11.8. The fourth-order valence-corrected chi connectivity index (χ4v) is 1.88. The molecule has 4 amide bonds. The summed E-state index contributed by atoms with van der Waals surface area (Å²) in [6.45, 7) is 3.69. The maximum Gasteiger partial charge on any atom is 1.00 e. The van der Waals surface area contributed by atoms with E-state index in [1.54, 1.807) is 0 Å². The quantitative estimate of drug-likeness (QED) is 0.368. The van der Waals surface area contributed by atoms with Gasteiger partial charge in [-0.05, 0) is 25.2 Å². The number of carbonyl (C=O) groups is 3. The Morgan fingerprint density at radius 3 is 2.00 bits per heavy atom. The van der Waals surface area contributed by atoms with Crippen LogP contribution in [0.4, 0.5) is 4.79 Å². The zero-order chi connectivity index (χ0) is 13.1. The van der Waals surface area contributed by atoms with Crippen LogP contribution in [-0.4, -0.2) is 29.6 Å². The van der Waals surface area contributed by atoms with Crippen molar-refractivity contribution in [2.24, 2.45) is 11.3 Å². The topological polar surface area (TPSA) is 95.5 Å². The van der Waals surface area contributed by atoms with Crippen molar-refractivity contribution in [2.75, 3.05) is 6.61 Å². The van der Waals surface area contributed by atoms with E-state index in [1.807, 2.05) is 13.8 Å². The molecule has 7 heteroatoms. The average Bonchev–Trinajstić information content (AvgIpc) is 2.21. The van der Waals surface area contributed by atoms with Crippen molar-refractivity contribution in [1.29, 1.82) is 0 Å². The van der Waals surface area contributed by atoms with E-state index in [0.717, 1.165) is 0 Å². The molecule has 1 aliphatic heterocycles. The van der Waals surface area contributed by atoms with Gasteiger partial charge in [0.25, 0.3) is 0 Å². The first-order valence-electron chi connectivity index (χ1n) is 5.70. The number of hydrogen-bond donors (Lipinski definition) is 3. The molecule has 0 aromatic heterocycles. The molecule has 0 aliphatic carbocycles. The summed E-state index contributed by atoms with van der Waals surface area (Å²) in [7, 11) is 0. The molecule has 0 radical (unpaired) electrons. The Balaban J connectivity index is 0.00000289. The van der Waals surface area contributed by atoms with Crippen molar-refractivity contribution in [1.82, 2.24) is 10.6 Å². The number of barbiturate groups is 1. The van der Waals surface area contributed by atoms with Crippen LogP contribution in [0.1, 0.15) is 33.1 Å². The van der Waals surface area contributed by atoms with Gasteiger partial charge in [0.05, 0.1) is 0 Å². The molecule has 0 saturated carbocycles. The first kappa shape index (κ1) is 17.6. The Bertz CT molecular complexity index is 324. The zero-order valence-electron chi connectivity index (χ0n) is 11.1. The van der Waals surface area contributed by atoms with Gasteiger partial charge >= 0.3 is 35.6 Å². The van der Waals surface area contributed by atoms with Gasteiger partial charge in [0, 0.05) is 6.61 Å². The molecule has 1 saturated heterocycles. The summed E-state index contributed by atoms with van der Waals surface area (Å²) < 4.78 is 0. The van der Waals surface area contributed by atoms with Crippen LogP contribution >= 0.6 is 0 Å². The van der Waals surface area contributed by atoms with Crippen LogP contribution < -0.4 is 40.2 Å². The summed E-state index contributed by atoms with van der Waals surface area (Å²) in [6.07, 6.45) is 1.04. The molecule has 1 fully saturated rings. The Hall–Kier alpha value is -0.430. The van der Waals surface area contributed by atoms with Crippen LogP contribution in [0, 0.1) is 11.3 Å². The number of imide groups is 2. The predicted octanol–water partition coefficient (Wildman–Crippen LogP) is -2.84.